The van der Waals surface area contributed by atoms with Gasteiger partial charge >= 0.3 is 11.6 Å². The maximum Gasteiger partial charge on any atom is 0.340 e. The molecule has 0 bridgehead atoms. The molecule has 2 aliphatic heterocycles. The lowest BCUT2D eigenvalue weighted by molar-refractivity contribution is -0.303. The highest BCUT2D eigenvalue weighted by molar-refractivity contribution is 5.87. The van der Waals surface area contributed by atoms with E-state index in [0.29, 0.717) is 54.4 Å². The van der Waals surface area contributed by atoms with Crippen LogP contribution in [0.5, 0.6) is 0 Å². The summed E-state index contributed by atoms with van der Waals surface area (Å²) in [4.78, 5) is 48.8. The Morgan fingerprint density at radius 3 is 2.65 bits per heavy atom. The summed E-state index contributed by atoms with van der Waals surface area (Å²) in [7, 11) is 0. The van der Waals surface area contributed by atoms with E-state index in [1.807, 2.05) is 0 Å². The van der Waals surface area contributed by atoms with Crippen LogP contribution in [0.2, 0.25) is 0 Å². The number of nitrogens with one attached hydrogen (secondary N) is 2. The lowest BCUT2D eigenvalue weighted by atomic mass is 9.96. The molecule has 1 aliphatic carbocycles. The first-order valence-electron chi connectivity index (χ1n) is 15.3. The van der Waals surface area contributed by atoms with E-state index in [1.165, 1.54) is 6.08 Å². The molecule has 0 radical (unpaired) electrons. The Morgan fingerprint density at radius 1 is 1.04 bits per heavy atom. The van der Waals surface area contributed by atoms with E-state index in [-0.39, 0.29) is 36.8 Å². The minimum Gasteiger partial charge on any atom is -0.454 e. The molecule has 2 amide bonds. The van der Waals surface area contributed by atoms with Crippen LogP contribution in [0.15, 0.2) is 51.2 Å². The van der Waals surface area contributed by atoms with E-state index in [4.69, 9.17) is 24.4 Å². The zero-order chi connectivity index (χ0) is 33.0. The number of benzene rings is 1. The Morgan fingerprint density at radius 2 is 1.85 bits per heavy atom. The predicted octanol–water partition coefficient (Wildman–Crippen LogP) is 0.0234. The summed E-state index contributed by atoms with van der Waals surface area (Å²) >= 11 is 0. The molecule has 1 saturated heterocycles. The smallest absolute Gasteiger partial charge is 0.340 e. The maximum absolute atomic E-state index is 12.5. The summed E-state index contributed by atoms with van der Waals surface area (Å²) < 4.78 is 22.1. The zero-order valence-corrected chi connectivity index (χ0v) is 25.3. The van der Waals surface area contributed by atoms with Gasteiger partial charge in [0.15, 0.2) is 6.29 Å². The van der Waals surface area contributed by atoms with Crippen LogP contribution in [0.1, 0.15) is 43.2 Å². The fraction of sp³-hybridized carbons (Fsp3) is 0.500. The average molecular weight is 642 g/mol. The summed E-state index contributed by atoms with van der Waals surface area (Å²) in [6, 6.07) is 5.03. The van der Waals surface area contributed by atoms with Crippen molar-refractivity contribution in [3.63, 3.8) is 0 Å². The molecule has 3 aliphatic rings. The number of esters is 1. The molecular formula is C32H39N3O11. The third-order valence-electron chi connectivity index (χ3n) is 8.39. The van der Waals surface area contributed by atoms with Crippen LogP contribution in [0.4, 0.5) is 5.69 Å². The zero-order valence-electron chi connectivity index (χ0n) is 25.3. The summed E-state index contributed by atoms with van der Waals surface area (Å²) in [5, 5.41) is 37.4. The van der Waals surface area contributed by atoms with Crippen molar-refractivity contribution in [3.05, 3.63) is 63.5 Å². The molecule has 2 aromatic rings. The van der Waals surface area contributed by atoms with Crippen LogP contribution >= 0.6 is 0 Å². The number of fused-ring (bicyclic) bond motifs is 2. The molecule has 14 heteroatoms. The molecule has 0 unspecified atom stereocenters. The maximum atomic E-state index is 12.5. The molecular weight excluding hydrogens is 602 g/mol. The fourth-order valence-electron chi connectivity index (χ4n) is 5.75. The van der Waals surface area contributed by atoms with Crippen molar-refractivity contribution in [2.45, 2.75) is 88.4 Å². The minimum absolute atomic E-state index is 0.116. The van der Waals surface area contributed by atoms with Gasteiger partial charge in [0.05, 0.1) is 18.1 Å². The molecule has 1 fully saturated rings. The number of nitrogens with two attached hydrogens (primary N) is 1. The van der Waals surface area contributed by atoms with Crippen molar-refractivity contribution >= 4 is 34.4 Å². The molecule has 3 heterocycles. The monoisotopic (exact) mass is 641 g/mol. The van der Waals surface area contributed by atoms with Crippen molar-refractivity contribution < 1.29 is 48.3 Å². The molecule has 5 rings (SSSR count). The molecule has 0 spiro atoms. The Hall–Kier alpha value is -4.08. The number of rotatable bonds is 12. The van der Waals surface area contributed by atoms with E-state index in [0.717, 1.165) is 5.57 Å². The Kier molecular flexibility index (Phi) is 10.5. The molecule has 7 N–H and O–H groups in total. The highest BCUT2D eigenvalue weighted by Crippen LogP contribution is 2.30. The molecule has 7 atom stereocenters. The van der Waals surface area contributed by atoms with E-state index >= 15 is 0 Å². The Labute approximate surface area is 264 Å². The number of aliphatic hydroxyl groups is 3. The number of carbonyl (C=O) groups excluding carboxylic acids is 3. The molecule has 248 valence electrons. The highest BCUT2D eigenvalue weighted by Gasteiger charge is 2.45. The lowest BCUT2D eigenvalue weighted by Crippen LogP contribution is -2.61. The van der Waals surface area contributed by atoms with Gasteiger partial charge in [0, 0.05) is 49.1 Å². The van der Waals surface area contributed by atoms with Crippen LogP contribution in [-0.2, 0) is 35.0 Å². The van der Waals surface area contributed by atoms with Crippen LogP contribution in [-0.4, -0.2) is 89.1 Å². The second-order valence-corrected chi connectivity index (χ2v) is 11.7. The van der Waals surface area contributed by atoms with E-state index in [9.17, 15) is 34.5 Å². The van der Waals surface area contributed by atoms with Crippen molar-refractivity contribution in [1.29, 1.82) is 0 Å². The van der Waals surface area contributed by atoms with Gasteiger partial charge in [-0.3, -0.25) is 9.59 Å². The van der Waals surface area contributed by atoms with Gasteiger partial charge in [-0.15, -0.1) is 0 Å². The van der Waals surface area contributed by atoms with Crippen LogP contribution in [0.3, 0.4) is 0 Å². The number of aryl methyl sites for hydroxylation is 1. The lowest BCUT2D eigenvalue weighted by Gasteiger charge is -2.41. The van der Waals surface area contributed by atoms with Gasteiger partial charge < -0.3 is 50.3 Å². The first-order chi connectivity index (χ1) is 22.0. The number of anilines is 1. The van der Waals surface area contributed by atoms with Gasteiger partial charge in [0.1, 0.15) is 36.1 Å². The predicted molar refractivity (Wildman–Crippen MR) is 163 cm³/mol. The Balaban J connectivity index is 0.992. The summed E-state index contributed by atoms with van der Waals surface area (Å²) in [5.41, 5.74) is 7.71. The molecule has 46 heavy (non-hydrogen) atoms. The number of aliphatic hydroxyl groups excluding tert-OH is 3. The van der Waals surface area contributed by atoms with Crippen molar-refractivity contribution in [2.75, 3.05) is 18.8 Å². The normalized spacial score (nSPS) is 27.2. The van der Waals surface area contributed by atoms with Crippen molar-refractivity contribution in [3.8, 4) is 0 Å². The van der Waals surface area contributed by atoms with Gasteiger partial charge in [-0.2, -0.15) is 0 Å². The minimum atomic E-state index is -1.57. The number of carbonyl (C=O) groups is 3. The average Bonchev–Trinajstić information content (AvgIpc) is 3.39. The molecule has 1 aromatic heterocycles. The van der Waals surface area contributed by atoms with Gasteiger partial charge in [0.2, 0.25) is 11.8 Å². The van der Waals surface area contributed by atoms with E-state index in [2.05, 4.69) is 10.6 Å². The van der Waals surface area contributed by atoms with Crippen molar-refractivity contribution in [2.24, 2.45) is 0 Å². The van der Waals surface area contributed by atoms with Crippen LogP contribution in [0, 0.1) is 6.92 Å². The fourth-order valence-corrected chi connectivity index (χ4v) is 5.75. The third kappa shape index (κ3) is 7.82. The van der Waals surface area contributed by atoms with Gasteiger partial charge in [0.25, 0.3) is 0 Å². The second kappa shape index (κ2) is 14.6. The first kappa shape index (κ1) is 33.3. The van der Waals surface area contributed by atoms with E-state index < -0.39 is 54.5 Å². The summed E-state index contributed by atoms with van der Waals surface area (Å²) in [6.45, 7) is 2.01. The van der Waals surface area contributed by atoms with E-state index in [1.54, 1.807) is 37.3 Å². The van der Waals surface area contributed by atoms with Crippen molar-refractivity contribution in [1.82, 2.24) is 10.6 Å². The molecule has 14 nitrogen and oxygen atoms in total. The SMILES string of the molecule is Cc1c(CC(=O)NCCCCCC(=O)NC[C@H]2O[C@@H](O[C@@H]3C=CC4=CC(=O)O[C@@H]4C3)[C@H](O)[C@@H](O)[C@@H]2O)c(=O)oc2cc(N)ccc12. The van der Waals surface area contributed by atoms with Gasteiger partial charge in [-0.25, -0.2) is 9.59 Å². The summed E-state index contributed by atoms with van der Waals surface area (Å²) in [5.74, 6) is -1.05. The number of amides is 2. The largest absolute Gasteiger partial charge is 0.454 e. The molecule has 0 saturated carbocycles. The number of unbranched alkanes of at least 4 members (excludes halogenated alkanes) is 2. The summed E-state index contributed by atoms with van der Waals surface area (Å²) in [6.07, 6.45) is -0.955. The van der Waals surface area contributed by atoms with Gasteiger partial charge in [-0.05, 0) is 43.0 Å². The number of hydrogen-bond donors (Lipinski definition) is 6. The number of nitrogen functional groups attached to an aromatic ring is 1. The van der Waals surface area contributed by atoms with Crippen LogP contribution in [0.25, 0.3) is 11.0 Å². The topological polar surface area (TPSA) is 220 Å². The molecule has 1 aromatic carbocycles. The van der Waals surface area contributed by atoms with Crippen LogP contribution < -0.4 is 22.0 Å². The standard InChI is InChI=1S/C32H39N3O11/c1-16-20-9-7-18(33)12-23(20)45-31(42)21(16)14-26(37)34-10-4-2-3-5-25(36)35-15-24-28(39)29(40)30(41)32(46-24)43-19-8-6-17-11-27(38)44-22(17)13-19/h6-9,11-12,19,22,24,28-30,32,39-41H,2-5,10,13-15,33H2,1H3,(H,34,37)(H,35,36)/t19-,22-,24-,28-,29+,30-,32-/m1/s1. The highest BCUT2D eigenvalue weighted by atomic mass is 16.7. The Bertz CT molecular complexity index is 1580. The number of ether oxygens (including phenoxy) is 3. The first-order valence-corrected chi connectivity index (χ1v) is 15.3. The third-order valence-corrected chi connectivity index (χ3v) is 8.39. The second-order valence-electron chi connectivity index (χ2n) is 11.7. The quantitative estimate of drug-likeness (QED) is 0.0782. The van der Waals surface area contributed by atoms with Gasteiger partial charge in [-0.1, -0.05) is 18.6 Å². The number of hydrogen-bond acceptors (Lipinski definition) is 12.